The van der Waals surface area contributed by atoms with E-state index in [9.17, 15) is 14.0 Å². The van der Waals surface area contributed by atoms with Gasteiger partial charge in [0.25, 0.3) is 0 Å². The van der Waals surface area contributed by atoms with Crippen LogP contribution in [0.2, 0.25) is 0 Å². The number of hydrogen-bond acceptors (Lipinski definition) is 3. The van der Waals surface area contributed by atoms with E-state index in [0.29, 0.717) is 18.7 Å². The highest BCUT2D eigenvalue weighted by molar-refractivity contribution is 5.89. The van der Waals surface area contributed by atoms with Crippen LogP contribution in [-0.4, -0.2) is 30.4 Å². The second kappa shape index (κ2) is 7.99. The van der Waals surface area contributed by atoms with Gasteiger partial charge in [-0.3, -0.25) is 9.59 Å². The van der Waals surface area contributed by atoms with Crippen LogP contribution < -0.4 is 10.1 Å². The fourth-order valence-corrected chi connectivity index (χ4v) is 3.03. The highest BCUT2D eigenvalue weighted by Crippen LogP contribution is 2.21. The zero-order chi connectivity index (χ0) is 18.5. The van der Waals surface area contributed by atoms with E-state index in [1.54, 1.807) is 24.1 Å². The van der Waals surface area contributed by atoms with E-state index in [1.165, 1.54) is 12.1 Å². The fraction of sp³-hybridized carbons (Fsp3) is 0.300. The predicted octanol–water partition coefficient (Wildman–Crippen LogP) is 2.50. The molecule has 2 aromatic carbocycles. The molecule has 5 nitrogen and oxygen atoms in total. The molecule has 1 fully saturated rings. The van der Waals surface area contributed by atoms with Gasteiger partial charge in [-0.15, -0.1) is 0 Å². The fourth-order valence-electron chi connectivity index (χ4n) is 3.03. The monoisotopic (exact) mass is 356 g/mol. The molecule has 2 amide bonds. The molecule has 6 heteroatoms. The maximum absolute atomic E-state index is 13.2. The Labute approximate surface area is 151 Å². The number of nitrogens with zero attached hydrogens (tertiary/aromatic N) is 1. The van der Waals surface area contributed by atoms with Crippen LogP contribution in [0.1, 0.15) is 17.5 Å². The Morgan fingerprint density at radius 3 is 2.69 bits per heavy atom. The minimum Gasteiger partial charge on any atom is -0.497 e. The Bertz CT molecular complexity index is 792. The number of methoxy groups -OCH3 is 1. The van der Waals surface area contributed by atoms with Crippen molar-refractivity contribution in [1.29, 1.82) is 0 Å². The molecule has 0 spiro atoms. The molecule has 0 aliphatic carbocycles. The summed E-state index contributed by atoms with van der Waals surface area (Å²) in [5.41, 5.74) is 1.68. The van der Waals surface area contributed by atoms with Crippen LogP contribution in [0.5, 0.6) is 5.75 Å². The van der Waals surface area contributed by atoms with Gasteiger partial charge >= 0.3 is 0 Å². The number of nitrogens with one attached hydrogen (secondary N) is 1. The Hall–Kier alpha value is -2.89. The summed E-state index contributed by atoms with van der Waals surface area (Å²) in [5.74, 6) is -0.171. The lowest BCUT2D eigenvalue weighted by atomic mass is 10.1. The van der Waals surface area contributed by atoms with Crippen molar-refractivity contribution in [2.45, 2.75) is 19.5 Å². The molecule has 1 heterocycles. The lowest BCUT2D eigenvalue weighted by Crippen LogP contribution is -2.32. The number of carbonyl (C=O) groups is 2. The van der Waals surface area contributed by atoms with E-state index in [2.05, 4.69) is 5.32 Å². The molecule has 0 radical (unpaired) electrons. The van der Waals surface area contributed by atoms with E-state index in [0.717, 1.165) is 11.3 Å². The van der Waals surface area contributed by atoms with Crippen molar-refractivity contribution in [1.82, 2.24) is 10.2 Å². The zero-order valence-electron chi connectivity index (χ0n) is 14.6. The first-order chi connectivity index (χ1) is 12.5. The Morgan fingerprint density at radius 1 is 1.23 bits per heavy atom. The van der Waals surface area contributed by atoms with Crippen LogP contribution in [0.4, 0.5) is 4.39 Å². The van der Waals surface area contributed by atoms with Gasteiger partial charge in [-0.25, -0.2) is 4.39 Å². The van der Waals surface area contributed by atoms with Crippen molar-refractivity contribution in [3.05, 3.63) is 65.5 Å². The standard InChI is InChI=1S/C20H21FN2O3/c1-26-18-7-5-14(6-8-18)12-23-13-16(10-19(23)24)20(25)22-11-15-3-2-4-17(21)9-15/h2-9,16H,10-13H2,1H3,(H,22,25). The first kappa shape index (κ1) is 17.9. The van der Waals surface area contributed by atoms with Crippen LogP contribution in [0.3, 0.4) is 0 Å². The summed E-state index contributed by atoms with van der Waals surface area (Å²) < 4.78 is 18.3. The van der Waals surface area contributed by atoms with Gasteiger partial charge < -0.3 is 15.0 Å². The molecule has 1 atom stereocenters. The molecule has 26 heavy (non-hydrogen) atoms. The molecule has 1 saturated heterocycles. The lowest BCUT2D eigenvalue weighted by Gasteiger charge is -2.17. The van der Waals surface area contributed by atoms with Gasteiger partial charge in [0.05, 0.1) is 13.0 Å². The number of carbonyl (C=O) groups excluding carboxylic acids is 2. The predicted molar refractivity (Wildman–Crippen MR) is 94.8 cm³/mol. The molecule has 1 aliphatic heterocycles. The van der Waals surface area contributed by atoms with Gasteiger partial charge in [-0.1, -0.05) is 24.3 Å². The van der Waals surface area contributed by atoms with Gasteiger partial charge in [-0.2, -0.15) is 0 Å². The minimum atomic E-state index is -0.380. The summed E-state index contributed by atoms with van der Waals surface area (Å²) in [5, 5.41) is 2.79. The summed E-state index contributed by atoms with van der Waals surface area (Å²) in [6, 6.07) is 13.6. The topological polar surface area (TPSA) is 58.6 Å². The molecule has 0 bridgehead atoms. The van der Waals surface area contributed by atoms with Crippen molar-refractivity contribution in [2.24, 2.45) is 5.92 Å². The van der Waals surface area contributed by atoms with Gasteiger partial charge in [0.1, 0.15) is 11.6 Å². The van der Waals surface area contributed by atoms with Crippen molar-refractivity contribution >= 4 is 11.8 Å². The maximum atomic E-state index is 13.2. The number of halogens is 1. The van der Waals surface area contributed by atoms with Crippen molar-refractivity contribution < 1.29 is 18.7 Å². The maximum Gasteiger partial charge on any atom is 0.225 e. The third-order valence-corrected chi connectivity index (χ3v) is 4.47. The normalized spacial score (nSPS) is 16.6. The largest absolute Gasteiger partial charge is 0.497 e. The minimum absolute atomic E-state index is 0.0354. The highest BCUT2D eigenvalue weighted by atomic mass is 19.1. The molecule has 1 unspecified atom stereocenters. The molecular weight excluding hydrogens is 335 g/mol. The van der Waals surface area contributed by atoms with Crippen LogP contribution in [0.15, 0.2) is 48.5 Å². The van der Waals surface area contributed by atoms with Gasteiger partial charge in [0.2, 0.25) is 11.8 Å². The van der Waals surface area contributed by atoms with E-state index in [1.807, 2.05) is 24.3 Å². The number of hydrogen-bond donors (Lipinski definition) is 1. The highest BCUT2D eigenvalue weighted by Gasteiger charge is 2.34. The van der Waals surface area contributed by atoms with Crippen molar-refractivity contribution in [2.75, 3.05) is 13.7 Å². The summed E-state index contributed by atoms with van der Waals surface area (Å²) >= 11 is 0. The molecule has 136 valence electrons. The van der Waals surface area contributed by atoms with Gasteiger partial charge in [-0.05, 0) is 35.4 Å². The summed E-state index contributed by atoms with van der Waals surface area (Å²) in [6.45, 7) is 1.11. The van der Waals surface area contributed by atoms with Crippen LogP contribution in [0, 0.1) is 11.7 Å². The molecular formula is C20H21FN2O3. The first-order valence-corrected chi connectivity index (χ1v) is 8.48. The molecule has 3 rings (SSSR count). The SMILES string of the molecule is COc1ccc(CN2CC(C(=O)NCc3cccc(F)c3)CC2=O)cc1. The number of rotatable bonds is 6. The van der Waals surface area contributed by atoms with Crippen molar-refractivity contribution in [3.63, 3.8) is 0 Å². The van der Waals surface area contributed by atoms with Crippen LogP contribution >= 0.6 is 0 Å². The van der Waals surface area contributed by atoms with E-state index in [4.69, 9.17) is 4.74 Å². The van der Waals surface area contributed by atoms with E-state index >= 15 is 0 Å². The second-order valence-electron chi connectivity index (χ2n) is 6.37. The summed E-state index contributed by atoms with van der Waals surface area (Å²) in [6.07, 6.45) is 0.200. The number of amides is 2. The smallest absolute Gasteiger partial charge is 0.225 e. The third kappa shape index (κ3) is 4.39. The lowest BCUT2D eigenvalue weighted by molar-refractivity contribution is -0.129. The number of ether oxygens (including phenoxy) is 1. The number of benzene rings is 2. The van der Waals surface area contributed by atoms with Crippen LogP contribution in [0.25, 0.3) is 0 Å². The second-order valence-corrected chi connectivity index (χ2v) is 6.37. The third-order valence-electron chi connectivity index (χ3n) is 4.47. The first-order valence-electron chi connectivity index (χ1n) is 8.48. The zero-order valence-corrected chi connectivity index (χ0v) is 14.6. The Morgan fingerprint density at radius 2 is 2.00 bits per heavy atom. The van der Waals surface area contributed by atoms with Gasteiger partial charge in [0, 0.05) is 26.1 Å². The quantitative estimate of drug-likeness (QED) is 0.865. The van der Waals surface area contributed by atoms with Crippen LogP contribution in [-0.2, 0) is 22.7 Å². The van der Waals surface area contributed by atoms with E-state index in [-0.39, 0.29) is 36.5 Å². The summed E-state index contributed by atoms with van der Waals surface area (Å²) in [4.78, 5) is 26.2. The van der Waals surface area contributed by atoms with Gasteiger partial charge in [0.15, 0.2) is 0 Å². The summed E-state index contributed by atoms with van der Waals surface area (Å²) in [7, 11) is 1.60. The molecule has 2 aromatic rings. The molecule has 0 saturated carbocycles. The Kier molecular flexibility index (Phi) is 5.51. The molecule has 1 aliphatic rings. The average Bonchev–Trinajstić information content (AvgIpc) is 3.01. The number of likely N-dealkylation sites (tertiary alicyclic amines) is 1. The van der Waals surface area contributed by atoms with E-state index < -0.39 is 0 Å². The molecule has 0 aromatic heterocycles. The van der Waals surface area contributed by atoms with Crippen molar-refractivity contribution in [3.8, 4) is 5.75 Å². The average molecular weight is 356 g/mol. The molecule has 1 N–H and O–H groups in total. The Balaban J connectivity index is 1.53.